The molecule has 0 N–H and O–H groups in total. The van der Waals surface area contributed by atoms with E-state index in [1.54, 1.807) is 0 Å². The van der Waals surface area contributed by atoms with Crippen LogP contribution in [0.3, 0.4) is 0 Å². The van der Waals surface area contributed by atoms with Gasteiger partial charge in [-0.3, -0.25) is 17.6 Å². The molecule has 15 aromatic rings. The Morgan fingerprint density at radius 3 is 1.17 bits per heavy atom. The van der Waals surface area contributed by atoms with Gasteiger partial charge in [0.15, 0.2) is 11.2 Å². The molecular formula is C48H26N10O2. The van der Waals surface area contributed by atoms with Crippen LogP contribution in [0.4, 0.5) is 0 Å². The quantitative estimate of drug-likeness (QED) is 0.152. The highest BCUT2D eigenvalue weighted by Crippen LogP contribution is 2.34. The number of aromatic nitrogens is 10. The second kappa shape index (κ2) is 10.6. The highest BCUT2D eigenvalue weighted by Gasteiger charge is 2.18. The molecule has 9 aromatic heterocycles. The molecule has 280 valence electrons. The number of imidazole rings is 2. The number of hydrogen-bond acceptors (Lipinski definition) is 6. The van der Waals surface area contributed by atoms with Crippen LogP contribution < -0.4 is 0 Å². The van der Waals surface area contributed by atoms with Crippen LogP contribution in [0.1, 0.15) is 0 Å². The van der Waals surface area contributed by atoms with Gasteiger partial charge in [0.25, 0.3) is 0 Å². The van der Waals surface area contributed by atoms with Crippen molar-refractivity contribution in [3.8, 4) is 0 Å². The number of fused-ring (bicyclic) bond motifs is 12. The summed E-state index contributed by atoms with van der Waals surface area (Å²) in [5, 5.41) is 4.33. The number of benzene rings is 6. The summed E-state index contributed by atoms with van der Waals surface area (Å²) in [5.41, 5.74) is 14.1. The van der Waals surface area contributed by atoms with Gasteiger partial charge in [-0.05, 0) is 84.9 Å². The van der Waals surface area contributed by atoms with Crippen LogP contribution in [0.5, 0.6) is 0 Å². The summed E-state index contributed by atoms with van der Waals surface area (Å²) in [5.74, 6) is 0.889. The summed E-state index contributed by atoms with van der Waals surface area (Å²) in [6.07, 6.45) is 12.1. The molecule has 12 heteroatoms. The molecule has 9 heterocycles. The van der Waals surface area contributed by atoms with Gasteiger partial charge in [-0.2, -0.15) is 9.97 Å². The monoisotopic (exact) mass is 774 g/mol. The van der Waals surface area contributed by atoms with Gasteiger partial charge in [-0.1, -0.05) is 36.4 Å². The van der Waals surface area contributed by atoms with Crippen molar-refractivity contribution in [2.45, 2.75) is 0 Å². The van der Waals surface area contributed by atoms with Crippen LogP contribution in [0.15, 0.2) is 168 Å². The van der Waals surface area contributed by atoms with E-state index in [0.29, 0.717) is 22.9 Å². The lowest BCUT2D eigenvalue weighted by Gasteiger charge is -2.05. The lowest BCUT2D eigenvalue weighted by molar-refractivity contribution is 0.634. The SMILES string of the molecule is c1cc2cc(c1)n1ccc3ccc4ccn(c5cccc(c5)n5cnc6ccc7oc(nc7c65)n5ccc6ccc7ccn(c8nc9c(ccc%10ncn2c%109)o8)c7c65)c4c31. The Balaban J connectivity index is 1.18. The Hall–Kier alpha value is -8.64. The lowest BCUT2D eigenvalue weighted by atomic mass is 10.2. The summed E-state index contributed by atoms with van der Waals surface area (Å²) < 4.78 is 26.0. The van der Waals surface area contributed by atoms with Gasteiger partial charge in [0.2, 0.25) is 0 Å². The molecule has 15 rings (SSSR count). The van der Waals surface area contributed by atoms with Gasteiger partial charge >= 0.3 is 11.7 Å². The molecule has 0 amide bonds. The van der Waals surface area contributed by atoms with E-state index >= 15 is 0 Å². The average Bonchev–Trinajstić information content (AvgIpc) is 4.13. The minimum Gasteiger partial charge on any atom is -0.423 e. The molecule has 0 aliphatic heterocycles. The van der Waals surface area contributed by atoms with E-state index in [4.69, 9.17) is 28.8 Å². The molecule has 0 atom stereocenters. The first-order valence-corrected chi connectivity index (χ1v) is 19.7. The fourth-order valence-corrected chi connectivity index (χ4v) is 9.58. The minimum absolute atomic E-state index is 0.444. The average molecular weight is 775 g/mol. The van der Waals surface area contributed by atoms with Crippen molar-refractivity contribution in [1.29, 1.82) is 0 Å². The zero-order valence-electron chi connectivity index (χ0n) is 31.3. The van der Waals surface area contributed by atoms with Gasteiger partial charge in [0.05, 0.1) is 33.1 Å². The maximum atomic E-state index is 6.62. The van der Waals surface area contributed by atoms with Crippen molar-refractivity contribution in [2.24, 2.45) is 0 Å². The molecular weight excluding hydrogens is 749 g/mol. The van der Waals surface area contributed by atoms with E-state index in [1.807, 2.05) is 58.1 Å². The van der Waals surface area contributed by atoms with Crippen LogP contribution in [0.2, 0.25) is 0 Å². The molecule has 6 aromatic carbocycles. The summed E-state index contributed by atoms with van der Waals surface area (Å²) in [6, 6.07) is 42.1. The van der Waals surface area contributed by atoms with Gasteiger partial charge in [0, 0.05) is 68.4 Å². The predicted octanol–water partition coefficient (Wildman–Crippen LogP) is 10.9. The van der Waals surface area contributed by atoms with E-state index in [0.717, 1.165) is 98.8 Å². The standard InChI is InChI=1S/C48H26N10O2/c1-3-31-23-33(5-1)57-25-49-35-11-13-37-39(45(35)57)51-47(59-37)55-21-17-29-9-10-30-18-22-56(44(30)43(29)55)48-52-40-38(60-48)14-12-36-46(40)58(26-50-36)34-6-2-4-32(24-34)54-20-16-28-8-7-27-15-19-53(31)41(27)42(28)54/h1-26H. The number of rotatable bonds is 0. The first-order chi connectivity index (χ1) is 29.7. The molecule has 12 nitrogen and oxygen atoms in total. The molecule has 0 unspecified atom stereocenters. The largest absolute Gasteiger partial charge is 0.423 e. The molecule has 0 radical (unpaired) electrons. The highest BCUT2D eigenvalue weighted by molar-refractivity contribution is 6.08. The van der Waals surface area contributed by atoms with Crippen LogP contribution in [0, 0.1) is 0 Å². The summed E-state index contributed by atoms with van der Waals surface area (Å²) >= 11 is 0. The third-order valence-corrected chi connectivity index (χ3v) is 12.3. The van der Waals surface area contributed by atoms with Gasteiger partial charge in [-0.15, -0.1) is 0 Å². The van der Waals surface area contributed by atoms with E-state index in [2.05, 4.69) is 127 Å². The van der Waals surface area contributed by atoms with Crippen LogP contribution in [0.25, 0.3) is 122 Å². The van der Waals surface area contributed by atoms with Gasteiger partial charge in [0.1, 0.15) is 34.7 Å². The first kappa shape index (κ1) is 30.5. The number of hydrogen-bond donors (Lipinski definition) is 0. The van der Waals surface area contributed by atoms with Crippen molar-refractivity contribution in [1.82, 2.24) is 46.3 Å². The zero-order valence-corrected chi connectivity index (χ0v) is 31.3. The van der Waals surface area contributed by atoms with Crippen molar-refractivity contribution < 1.29 is 8.83 Å². The summed E-state index contributed by atoms with van der Waals surface area (Å²) in [6.45, 7) is 0. The maximum Gasteiger partial charge on any atom is 0.307 e. The van der Waals surface area contributed by atoms with Crippen molar-refractivity contribution >= 4 is 122 Å². The Kier molecular flexibility index (Phi) is 5.41. The maximum absolute atomic E-state index is 6.62. The smallest absolute Gasteiger partial charge is 0.307 e. The Bertz CT molecular complexity index is 4220. The highest BCUT2D eigenvalue weighted by atomic mass is 16.4. The second-order valence-corrected chi connectivity index (χ2v) is 15.4. The summed E-state index contributed by atoms with van der Waals surface area (Å²) in [7, 11) is 0. The molecule has 0 aliphatic carbocycles. The first-order valence-electron chi connectivity index (χ1n) is 19.7. The van der Waals surface area contributed by atoms with Gasteiger partial charge < -0.3 is 17.6 Å². The van der Waals surface area contributed by atoms with E-state index in [9.17, 15) is 0 Å². The third-order valence-electron chi connectivity index (χ3n) is 12.3. The Morgan fingerprint density at radius 1 is 0.350 bits per heavy atom. The van der Waals surface area contributed by atoms with Crippen molar-refractivity contribution in [3.05, 3.63) is 159 Å². The number of oxazole rings is 2. The predicted molar refractivity (Wildman–Crippen MR) is 234 cm³/mol. The molecule has 0 aliphatic rings. The van der Waals surface area contributed by atoms with Crippen molar-refractivity contribution in [3.63, 3.8) is 0 Å². The topological polar surface area (TPSA) is 104 Å². The van der Waals surface area contributed by atoms with Gasteiger partial charge in [-0.25, -0.2) is 9.97 Å². The summed E-state index contributed by atoms with van der Waals surface area (Å²) in [4.78, 5) is 20.1. The zero-order chi connectivity index (χ0) is 38.8. The minimum atomic E-state index is 0.444. The molecule has 60 heavy (non-hydrogen) atoms. The Morgan fingerprint density at radius 2 is 0.733 bits per heavy atom. The Labute approximate surface area is 334 Å². The second-order valence-electron chi connectivity index (χ2n) is 15.4. The van der Waals surface area contributed by atoms with E-state index in [-0.39, 0.29) is 0 Å². The van der Waals surface area contributed by atoms with Crippen LogP contribution in [-0.4, -0.2) is 46.3 Å². The molecule has 0 saturated heterocycles. The molecule has 0 saturated carbocycles. The third kappa shape index (κ3) is 3.84. The number of nitrogens with zero attached hydrogens (tertiary/aromatic N) is 10. The van der Waals surface area contributed by atoms with Crippen molar-refractivity contribution in [2.75, 3.05) is 0 Å². The fourth-order valence-electron chi connectivity index (χ4n) is 9.58. The normalized spacial score (nSPS) is 12.7. The van der Waals surface area contributed by atoms with E-state index < -0.39 is 0 Å². The fraction of sp³-hybridized carbons (Fsp3) is 0. The molecule has 8 bridgehead atoms. The van der Waals surface area contributed by atoms with Crippen LogP contribution in [-0.2, 0) is 0 Å². The molecule has 0 spiro atoms. The van der Waals surface area contributed by atoms with Crippen LogP contribution >= 0.6 is 0 Å². The molecule has 0 fully saturated rings. The van der Waals surface area contributed by atoms with E-state index in [1.165, 1.54) is 0 Å². The lowest BCUT2D eigenvalue weighted by Crippen LogP contribution is -1.90.